The zero-order valence-corrected chi connectivity index (χ0v) is 14.9. The molecule has 0 bridgehead atoms. The van der Waals surface area contributed by atoms with Gasteiger partial charge in [0.05, 0.1) is 0 Å². The fourth-order valence-corrected chi connectivity index (χ4v) is 3.19. The summed E-state index contributed by atoms with van der Waals surface area (Å²) in [6.07, 6.45) is 2.62. The highest BCUT2D eigenvalue weighted by Crippen LogP contribution is 2.14. The van der Waals surface area contributed by atoms with Gasteiger partial charge in [0.2, 0.25) is 5.91 Å². The molecule has 4 nitrogen and oxygen atoms in total. The molecule has 1 saturated heterocycles. The van der Waals surface area contributed by atoms with Gasteiger partial charge in [-0.15, -0.1) is 0 Å². The number of hydrogen-bond donors (Lipinski definition) is 2. The zero-order chi connectivity index (χ0) is 17.6. The number of carbonyl (C=O) groups is 1. The van der Waals surface area contributed by atoms with E-state index in [0.29, 0.717) is 6.54 Å². The van der Waals surface area contributed by atoms with Gasteiger partial charge in [0.1, 0.15) is 6.04 Å². The molecule has 3 N–H and O–H groups in total. The van der Waals surface area contributed by atoms with Gasteiger partial charge in [0, 0.05) is 13.1 Å². The Morgan fingerprint density at radius 3 is 2.28 bits per heavy atom. The molecule has 0 aromatic heterocycles. The van der Waals surface area contributed by atoms with E-state index >= 15 is 0 Å². The smallest absolute Gasteiger partial charge is 0.241 e. The van der Waals surface area contributed by atoms with E-state index in [4.69, 9.17) is 5.73 Å². The molecule has 0 saturated carbocycles. The van der Waals surface area contributed by atoms with E-state index in [9.17, 15) is 4.79 Å². The Balaban J connectivity index is 1.50. The van der Waals surface area contributed by atoms with E-state index < -0.39 is 6.04 Å². The van der Waals surface area contributed by atoms with Gasteiger partial charge in [0.25, 0.3) is 0 Å². The van der Waals surface area contributed by atoms with Gasteiger partial charge in [-0.3, -0.25) is 9.69 Å². The molecular weight excluding hydrogens is 310 g/mol. The number of amides is 1. The molecule has 3 rings (SSSR count). The summed E-state index contributed by atoms with van der Waals surface area (Å²) >= 11 is 0. The number of nitrogens with two attached hydrogens (primary N) is 1. The van der Waals surface area contributed by atoms with Crippen molar-refractivity contribution < 1.29 is 4.79 Å². The molecule has 1 aliphatic heterocycles. The lowest BCUT2D eigenvalue weighted by atomic mass is 10.1. The molecule has 1 aliphatic rings. The molecule has 1 heterocycles. The number of aryl methyl sites for hydroxylation is 1. The molecule has 132 valence electrons. The van der Waals surface area contributed by atoms with Gasteiger partial charge in [-0.1, -0.05) is 54.1 Å². The largest absolute Gasteiger partial charge is 0.350 e. The highest BCUT2D eigenvalue weighted by molar-refractivity contribution is 5.82. The first-order valence-electron chi connectivity index (χ1n) is 9.02. The highest BCUT2D eigenvalue weighted by Gasteiger charge is 2.15. The number of hydrogen-bond acceptors (Lipinski definition) is 3. The van der Waals surface area contributed by atoms with Gasteiger partial charge < -0.3 is 11.1 Å². The molecule has 0 radical (unpaired) electrons. The lowest BCUT2D eigenvalue weighted by molar-refractivity contribution is -0.122. The summed E-state index contributed by atoms with van der Waals surface area (Å²) in [6, 6.07) is 15.6. The maximum atomic E-state index is 12.3. The van der Waals surface area contributed by atoms with Gasteiger partial charge in [-0.2, -0.15) is 0 Å². The van der Waals surface area contributed by atoms with Crippen LogP contribution in [0.1, 0.15) is 41.1 Å². The van der Waals surface area contributed by atoms with Crippen molar-refractivity contribution in [1.82, 2.24) is 10.2 Å². The van der Waals surface area contributed by atoms with Crippen LogP contribution < -0.4 is 11.1 Å². The third kappa shape index (κ3) is 4.91. The molecule has 1 amide bonds. The van der Waals surface area contributed by atoms with Crippen molar-refractivity contribution in [2.75, 3.05) is 13.1 Å². The van der Waals surface area contributed by atoms with E-state index in [2.05, 4.69) is 34.5 Å². The van der Waals surface area contributed by atoms with Crippen molar-refractivity contribution in [3.63, 3.8) is 0 Å². The van der Waals surface area contributed by atoms with Gasteiger partial charge in [-0.05, 0) is 49.5 Å². The number of nitrogens with one attached hydrogen (secondary N) is 1. The standard InChI is InChI=1S/C21H27N3O/c1-16-4-10-19(11-5-16)20(22)21(25)23-14-17-6-8-18(9-7-17)15-24-12-2-3-13-24/h4-11,20H,2-3,12-15,22H2,1H3,(H,23,25). The average Bonchev–Trinajstić information content (AvgIpc) is 3.14. The summed E-state index contributed by atoms with van der Waals surface area (Å²) in [7, 11) is 0. The summed E-state index contributed by atoms with van der Waals surface area (Å²) < 4.78 is 0. The van der Waals surface area contributed by atoms with E-state index in [0.717, 1.165) is 23.2 Å². The monoisotopic (exact) mass is 337 g/mol. The van der Waals surface area contributed by atoms with Gasteiger partial charge >= 0.3 is 0 Å². The van der Waals surface area contributed by atoms with Crippen molar-refractivity contribution in [1.29, 1.82) is 0 Å². The Bertz CT molecular complexity index is 688. The predicted octanol–water partition coefficient (Wildman–Crippen LogP) is 2.91. The maximum absolute atomic E-state index is 12.3. The molecule has 0 spiro atoms. The van der Waals surface area contributed by atoms with Crippen LogP contribution in [-0.4, -0.2) is 23.9 Å². The second-order valence-corrected chi connectivity index (χ2v) is 6.91. The highest BCUT2D eigenvalue weighted by atomic mass is 16.2. The Kier molecular flexibility index (Phi) is 5.84. The van der Waals surface area contributed by atoms with Crippen LogP contribution in [0, 0.1) is 6.92 Å². The van der Waals surface area contributed by atoms with Crippen LogP contribution in [0.15, 0.2) is 48.5 Å². The first kappa shape index (κ1) is 17.6. The lowest BCUT2D eigenvalue weighted by Gasteiger charge is -2.15. The first-order valence-corrected chi connectivity index (χ1v) is 9.02. The van der Waals surface area contributed by atoms with Crippen LogP contribution >= 0.6 is 0 Å². The zero-order valence-electron chi connectivity index (χ0n) is 14.9. The second-order valence-electron chi connectivity index (χ2n) is 6.91. The van der Waals surface area contributed by atoms with E-state index in [-0.39, 0.29) is 5.91 Å². The third-order valence-electron chi connectivity index (χ3n) is 4.81. The number of benzene rings is 2. The van der Waals surface area contributed by atoms with Crippen molar-refractivity contribution >= 4 is 5.91 Å². The molecule has 25 heavy (non-hydrogen) atoms. The second kappa shape index (κ2) is 8.28. The number of likely N-dealkylation sites (tertiary alicyclic amines) is 1. The molecular formula is C21H27N3O. The fraction of sp³-hybridized carbons (Fsp3) is 0.381. The Morgan fingerprint density at radius 1 is 1.04 bits per heavy atom. The summed E-state index contributed by atoms with van der Waals surface area (Å²) in [5, 5.41) is 2.93. The van der Waals surface area contributed by atoms with Gasteiger partial charge in [0.15, 0.2) is 0 Å². The SMILES string of the molecule is Cc1ccc(C(N)C(=O)NCc2ccc(CN3CCCC3)cc2)cc1. The molecule has 2 aromatic carbocycles. The Morgan fingerprint density at radius 2 is 1.64 bits per heavy atom. The third-order valence-corrected chi connectivity index (χ3v) is 4.81. The predicted molar refractivity (Wildman–Crippen MR) is 101 cm³/mol. The van der Waals surface area contributed by atoms with Crippen LogP contribution in [0.3, 0.4) is 0 Å². The summed E-state index contributed by atoms with van der Waals surface area (Å²) in [4.78, 5) is 14.7. The quantitative estimate of drug-likeness (QED) is 0.852. The van der Waals surface area contributed by atoms with Crippen LogP contribution in [0.4, 0.5) is 0 Å². The minimum Gasteiger partial charge on any atom is -0.350 e. The normalized spacial score (nSPS) is 15.9. The van der Waals surface area contributed by atoms with Crippen LogP contribution in [0.2, 0.25) is 0 Å². The van der Waals surface area contributed by atoms with Crippen LogP contribution in [0.5, 0.6) is 0 Å². The molecule has 2 aromatic rings. The number of nitrogens with zero attached hydrogens (tertiary/aromatic N) is 1. The molecule has 0 aliphatic carbocycles. The number of rotatable bonds is 6. The molecule has 1 fully saturated rings. The van der Waals surface area contributed by atoms with Crippen molar-refractivity contribution in [2.24, 2.45) is 5.73 Å². The van der Waals surface area contributed by atoms with Crippen molar-refractivity contribution in [2.45, 2.75) is 38.9 Å². The van der Waals surface area contributed by atoms with Crippen molar-refractivity contribution in [3.05, 3.63) is 70.8 Å². The minimum atomic E-state index is -0.630. The summed E-state index contributed by atoms with van der Waals surface area (Å²) in [5.74, 6) is -0.148. The van der Waals surface area contributed by atoms with Crippen molar-refractivity contribution in [3.8, 4) is 0 Å². The molecule has 4 heteroatoms. The topological polar surface area (TPSA) is 58.4 Å². The Labute approximate surface area is 150 Å². The molecule has 1 atom stereocenters. The number of carbonyl (C=O) groups excluding carboxylic acids is 1. The van der Waals surface area contributed by atoms with Gasteiger partial charge in [-0.25, -0.2) is 0 Å². The maximum Gasteiger partial charge on any atom is 0.241 e. The summed E-state index contributed by atoms with van der Waals surface area (Å²) in [6.45, 7) is 5.94. The fourth-order valence-electron chi connectivity index (χ4n) is 3.19. The first-order chi connectivity index (χ1) is 12.1. The Hall–Kier alpha value is -2.17. The van der Waals surface area contributed by atoms with E-state index in [1.807, 2.05) is 31.2 Å². The van der Waals surface area contributed by atoms with Crippen LogP contribution in [-0.2, 0) is 17.9 Å². The van der Waals surface area contributed by atoms with E-state index in [1.54, 1.807) is 0 Å². The minimum absolute atomic E-state index is 0.148. The van der Waals surface area contributed by atoms with Crippen LogP contribution in [0.25, 0.3) is 0 Å². The van der Waals surface area contributed by atoms with E-state index in [1.165, 1.54) is 31.5 Å². The summed E-state index contributed by atoms with van der Waals surface area (Å²) in [5.41, 5.74) is 10.5. The average molecular weight is 337 g/mol. The lowest BCUT2D eigenvalue weighted by Crippen LogP contribution is -2.33. The molecule has 1 unspecified atom stereocenters.